The van der Waals surface area contributed by atoms with Gasteiger partial charge in [0.25, 0.3) is 5.91 Å². The average Bonchev–Trinajstić information content (AvgIpc) is 3.10. The van der Waals surface area contributed by atoms with Crippen molar-refractivity contribution in [1.29, 1.82) is 0 Å². The lowest BCUT2D eigenvalue weighted by Gasteiger charge is -2.50. The zero-order valence-electron chi connectivity index (χ0n) is 17.0. The fourth-order valence-electron chi connectivity index (χ4n) is 4.73. The van der Waals surface area contributed by atoms with Gasteiger partial charge in [0.2, 0.25) is 5.91 Å². The van der Waals surface area contributed by atoms with Gasteiger partial charge in [-0.1, -0.05) is 35.9 Å². The Morgan fingerprint density at radius 1 is 1.19 bits per heavy atom. The first-order valence-corrected chi connectivity index (χ1v) is 10.4. The molecule has 1 atom stereocenters. The maximum atomic E-state index is 14.1. The Kier molecular flexibility index (Phi) is 4.41. The third-order valence-electron chi connectivity index (χ3n) is 6.16. The molecule has 1 N–H and O–H groups in total. The van der Waals surface area contributed by atoms with E-state index in [-0.39, 0.29) is 28.9 Å². The number of aromatic nitrogens is 1. The number of carbonyl (C=O) groups excluding carboxylic acids is 2. The van der Waals surface area contributed by atoms with Gasteiger partial charge in [-0.15, -0.1) is 0 Å². The van der Waals surface area contributed by atoms with Gasteiger partial charge in [-0.05, 0) is 37.6 Å². The molecule has 2 amide bonds. The molecule has 0 radical (unpaired) electrons. The number of hydrogen-bond donors (Lipinski definition) is 1. The van der Waals surface area contributed by atoms with Crippen LogP contribution < -0.4 is 0 Å². The maximum Gasteiger partial charge on any atom is 0.266 e. The van der Waals surface area contributed by atoms with Crippen LogP contribution in [0.25, 0.3) is 10.9 Å². The van der Waals surface area contributed by atoms with Gasteiger partial charge in [-0.25, -0.2) is 9.40 Å². The third-order valence-corrected chi connectivity index (χ3v) is 6.49. The smallest absolute Gasteiger partial charge is 0.266 e. The average molecular weight is 439 g/mol. The minimum absolute atomic E-state index is 0.0785. The van der Waals surface area contributed by atoms with Crippen molar-refractivity contribution in [3.8, 4) is 0 Å². The monoisotopic (exact) mass is 438 g/mol. The van der Waals surface area contributed by atoms with Crippen LogP contribution in [0.1, 0.15) is 30.7 Å². The quantitative estimate of drug-likeness (QED) is 0.618. The molecule has 0 bridgehead atoms. The molecule has 158 valence electrons. The highest BCUT2D eigenvalue weighted by atomic mass is 35.5. The number of piperazine rings is 1. The summed E-state index contributed by atoms with van der Waals surface area (Å²) >= 11 is 6.05. The first-order chi connectivity index (χ1) is 14.8. The topological polar surface area (TPSA) is 68.8 Å². The van der Waals surface area contributed by atoms with Gasteiger partial charge in [0.15, 0.2) is 0 Å². The lowest BCUT2D eigenvalue weighted by atomic mass is 9.82. The van der Waals surface area contributed by atoms with Crippen LogP contribution in [-0.2, 0) is 21.5 Å². The van der Waals surface area contributed by atoms with Gasteiger partial charge in [0.1, 0.15) is 18.4 Å². The summed E-state index contributed by atoms with van der Waals surface area (Å²) in [6, 6.07) is 11.5. The van der Waals surface area contributed by atoms with Crippen LogP contribution in [-0.4, -0.2) is 45.5 Å². The number of benzene rings is 2. The lowest BCUT2D eigenvalue weighted by Crippen LogP contribution is -2.66. The largest absolute Gasteiger partial charge is 0.356 e. The van der Waals surface area contributed by atoms with Crippen LogP contribution in [0, 0.1) is 5.82 Å². The molecule has 3 heterocycles. The van der Waals surface area contributed by atoms with E-state index in [4.69, 9.17) is 11.6 Å². The maximum absolute atomic E-state index is 14.1. The number of halogens is 2. The molecule has 8 heteroatoms. The van der Waals surface area contributed by atoms with E-state index in [9.17, 15) is 14.0 Å². The SMILES string of the molecule is CC1(C)c2[nH]c3ccccc3c2C[C@H]2C(=O)N(N=Cc3c(F)cccc3Cl)CC(=O)N21. The molecule has 0 aliphatic carbocycles. The molecule has 1 fully saturated rings. The summed E-state index contributed by atoms with van der Waals surface area (Å²) in [6.07, 6.45) is 1.59. The van der Waals surface area contributed by atoms with Crippen molar-refractivity contribution in [3.05, 3.63) is 70.1 Å². The summed E-state index contributed by atoms with van der Waals surface area (Å²) in [5, 5.41) is 6.47. The molecule has 0 spiro atoms. The predicted molar refractivity (Wildman–Crippen MR) is 116 cm³/mol. The number of carbonyl (C=O) groups is 2. The Bertz CT molecular complexity index is 1250. The van der Waals surface area contributed by atoms with Gasteiger partial charge in [-0.2, -0.15) is 5.10 Å². The number of nitrogens with one attached hydrogen (secondary N) is 1. The van der Waals surface area contributed by atoms with Crippen molar-refractivity contribution in [3.63, 3.8) is 0 Å². The van der Waals surface area contributed by atoms with Crippen molar-refractivity contribution < 1.29 is 14.0 Å². The minimum Gasteiger partial charge on any atom is -0.356 e. The molecular weight excluding hydrogens is 419 g/mol. The molecule has 2 aromatic carbocycles. The highest BCUT2D eigenvalue weighted by Crippen LogP contribution is 2.42. The second kappa shape index (κ2) is 6.92. The number of hydrazone groups is 1. The zero-order chi connectivity index (χ0) is 21.9. The Hall–Kier alpha value is -3.19. The Labute approximate surface area is 183 Å². The summed E-state index contributed by atoms with van der Waals surface area (Å²) < 4.78 is 14.1. The summed E-state index contributed by atoms with van der Waals surface area (Å²) in [5.41, 5.74) is 2.35. The molecule has 31 heavy (non-hydrogen) atoms. The number of aromatic amines is 1. The number of nitrogens with zero attached hydrogens (tertiary/aromatic N) is 3. The summed E-state index contributed by atoms with van der Waals surface area (Å²) in [5.74, 6) is -1.06. The van der Waals surface area contributed by atoms with Crippen molar-refractivity contribution in [2.45, 2.75) is 31.8 Å². The van der Waals surface area contributed by atoms with Crippen molar-refractivity contribution in [2.75, 3.05) is 6.54 Å². The van der Waals surface area contributed by atoms with Crippen LogP contribution in [0.3, 0.4) is 0 Å². The first-order valence-electron chi connectivity index (χ1n) is 10.0. The molecule has 1 saturated heterocycles. The molecule has 2 aliphatic rings. The fourth-order valence-corrected chi connectivity index (χ4v) is 4.94. The summed E-state index contributed by atoms with van der Waals surface area (Å²) in [6.45, 7) is 3.67. The molecular formula is C23H20ClFN4O2. The summed E-state index contributed by atoms with van der Waals surface area (Å²) in [4.78, 5) is 31.5. The number of para-hydroxylation sites is 1. The molecule has 3 aromatic rings. The normalized spacial score (nSPS) is 20.5. The zero-order valence-corrected chi connectivity index (χ0v) is 17.8. The summed E-state index contributed by atoms with van der Waals surface area (Å²) in [7, 11) is 0. The first kappa shape index (κ1) is 19.8. The highest BCUT2D eigenvalue weighted by molar-refractivity contribution is 6.33. The Morgan fingerprint density at radius 3 is 2.74 bits per heavy atom. The number of H-pyrrole nitrogens is 1. The number of amides is 2. The van der Waals surface area contributed by atoms with Crippen molar-refractivity contribution >= 4 is 40.5 Å². The van der Waals surface area contributed by atoms with E-state index in [1.54, 1.807) is 11.0 Å². The molecule has 0 saturated carbocycles. The molecule has 5 rings (SSSR count). The van der Waals surface area contributed by atoms with Crippen LogP contribution in [0.5, 0.6) is 0 Å². The van der Waals surface area contributed by atoms with Gasteiger partial charge in [0.05, 0.1) is 16.8 Å². The van der Waals surface area contributed by atoms with Crippen LogP contribution in [0.2, 0.25) is 5.02 Å². The minimum atomic E-state index is -0.686. The van der Waals surface area contributed by atoms with Gasteiger partial charge >= 0.3 is 0 Å². The Balaban J connectivity index is 1.53. The molecule has 0 unspecified atom stereocenters. The van der Waals surface area contributed by atoms with Gasteiger partial charge < -0.3 is 9.88 Å². The van der Waals surface area contributed by atoms with E-state index in [2.05, 4.69) is 10.1 Å². The highest BCUT2D eigenvalue weighted by Gasteiger charge is 2.51. The predicted octanol–water partition coefficient (Wildman–Crippen LogP) is 3.83. The molecule has 2 aliphatic heterocycles. The van der Waals surface area contributed by atoms with Crippen molar-refractivity contribution in [1.82, 2.24) is 14.9 Å². The van der Waals surface area contributed by atoms with Crippen LogP contribution >= 0.6 is 11.6 Å². The number of hydrogen-bond acceptors (Lipinski definition) is 3. The number of rotatable bonds is 2. The van der Waals surface area contributed by atoms with Gasteiger partial charge in [0, 0.05) is 28.6 Å². The third kappa shape index (κ3) is 2.95. The van der Waals surface area contributed by atoms with Gasteiger partial charge in [-0.3, -0.25) is 9.59 Å². The second-order valence-corrected chi connectivity index (χ2v) is 8.75. The van der Waals surface area contributed by atoms with Crippen LogP contribution in [0.15, 0.2) is 47.6 Å². The van der Waals surface area contributed by atoms with E-state index >= 15 is 0 Å². The molecule has 6 nitrogen and oxygen atoms in total. The standard InChI is InChI=1S/C23H20ClFN4O2/c1-23(2)21-14(13-6-3-4-9-18(13)27-21)10-19-22(31)28(12-20(30)29(19)23)26-11-15-16(24)7-5-8-17(15)25/h3-9,11,19,27H,10,12H2,1-2H3/t19-/m0/s1. The van der Waals surface area contributed by atoms with E-state index in [1.807, 2.05) is 38.1 Å². The van der Waals surface area contributed by atoms with E-state index in [1.165, 1.54) is 18.3 Å². The van der Waals surface area contributed by atoms with Crippen LogP contribution in [0.4, 0.5) is 4.39 Å². The Morgan fingerprint density at radius 2 is 1.97 bits per heavy atom. The van der Waals surface area contributed by atoms with E-state index in [0.29, 0.717) is 6.42 Å². The molecule has 1 aromatic heterocycles. The van der Waals surface area contributed by atoms with E-state index in [0.717, 1.165) is 27.2 Å². The van der Waals surface area contributed by atoms with E-state index < -0.39 is 17.4 Å². The fraction of sp³-hybridized carbons (Fsp3) is 0.261. The van der Waals surface area contributed by atoms with Crippen molar-refractivity contribution in [2.24, 2.45) is 5.10 Å². The number of fused-ring (bicyclic) bond motifs is 4. The second-order valence-electron chi connectivity index (χ2n) is 8.34. The lowest BCUT2D eigenvalue weighted by molar-refractivity contribution is -0.163.